The average Bonchev–Trinajstić information content (AvgIpc) is 2.35. The minimum absolute atomic E-state index is 0.107. The molecule has 1 N–H and O–H groups in total. The number of alkyl halides is 1. The lowest BCUT2D eigenvalue weighted by Crippen LogP contribution is -2.31. The SMILES string of the molecule is COc1ccc(S(=O)(=O)NCC(Br)CC(C)(C)C)cc1. The molecule has 1 aromatic carbocycles. The van der Waals surface area contributed by atoms with Crippen molar-refractivity contribution >= 4 is 26.0 Å². The molecule has 0 spiro atoms. The topological polar surface area (TPSA) is 55.4 Å². The number of rotatable bonds is 6. The van der Waals surface area contributed by atoms with Crippen LogP contribution in [-0.4, -0.2) is 26.9 Å². The Hall–Kier alpha value is -0.590. The lowest BCUT2D eigenvalue weighted by Gasteiger charge is -2.22. The Morgan fingerprint density at radius 3 is 2.25 bits per heavy atom. The van der Waals surface area contributed by atoms with E-state index in [1.807, 2.05) is 0 Å². The zero-order valence-corrected chi connectivity index (χ0v) is 14.7. The van der Waals surface area contributed by atoms with Gasteiger partial charge in [-0.1, -0.05) is 36.7 Å². The van der Waals surface area contributed by atoms with Crippen LogP contribution in [0, 0.1) is 5.41 Å². The first-order valence-electron chi connectivity index (χ1n) is 6.42. The van der Waals surface area contributed by atoms with Gasteiger partial charge in [-0.05, 0) is 36.1 Å². The van der Waals surface area contributed by atoms with Gasteiger partial charge in [0.2, 0.25) is 10.0 Å². The van der Waals surface area contributed by atoms with Crippen LogP contribution in [0.25, 0.3) is 0 Å². The van der Waals surface area contributed by atoms with Gasteiger partial charge >= 0.3 is 0 Å². The number of methoxy groups -OCH3 is 1. The maximum atomic E-state index is 12.1. The molecule has 0 bridgehead atoms. The van der Waals surface area contributed by atoms with Crippen LogP contribution in [0.4, 0.5) is 0 Å². The van der Waals surface area contributed by atoms with Gasteiger partial charge in [-0.15, -0.1) is 0 Å². The smallest absolute Gasteiger partial charge is 0.240 e. The summed E-state index contributed by atoms with van der Waals surface area (Å²) in [6.07, 6.45) is 0.887. The fourth-order valence-electron chi connectivity index (χ4n) is 1.77. The van der Waals surface area contributed by atoms with Crippen molar-refractivity contribution in [3.8, 4) is 5.75 Å². The first-order valence-corrected chi connectivity index (χ1v) is 8.82. The van der Waals surface area contributed by atoms with Gasteiger partial charge in [0.05, 0.1) is 12.0 Å². The summed E-state index contributed by atoms with van der Waals surface area (Å²) < 4.78 is 31.9. The number of ether oxygens (including phenoxy) is 1. The van der Waals surface area contributed by atoms with Gasteiger partial charge in [-0.2, -0.15) is 0 Å². The van der Waals surface area contributed by atoms with Gasteiger partial charge in [0.1, 0.15) is 5.75 Å². The van der Waals surface area contributed by atoms with E-state index in [2.05, 4.69) is 41.4 Å². The largest absolute Gasteiger partial charge is 0.497 e. The van der Waals surface area contributed by atoms with Crippen LogP contribution in [-0.2, 0) is 10.0 Å². The van der Waals surface area contributed by atoms with E-state index in [1.54, 1.807) is 19.2 Å². The van der Waals surface area contributed by atoms with Crippen LogP contribution < -0.4 is 9.46 Å². The number of hydrogen-bond acceptors (Lipinski definition) is 3. The number of hydrogen-bond donors (Lipinski definition) is 1. The molecule has 0 saturated carbocycles. The summed E-state index contributed by atoms with van der Waals surface area (Å²) in [5.41, 5.74) is 0.153. The highest BCUT2D eigenvalue weighted by Crippen LogP contribution is 2.24. The third kappa shape index (κ3) is 5.81. The maximum Gasteiger partial charge on any atom is 0.240 e. The number of benzene rings is 1. The van der Waals surface area contributed by atoms with Gasteiger partial charge in [0.25, 0.3) is 0 Å². The Labute approximate surface area is 130 Å². The molecule has 0 aliphatic carbocycles. The van der Waals surface area contributed by atoms with Crippen LogP contribution in [0.3, 0.4) is 0 Å². The molecule has 0 fully saturated rings. The lowest BCUT2D eigenvalue weighted by atomic mass is 9.91. The predicted octanol–water partition coefficient (Wildman–Crippen LogP) is 3.17. The van der Waals surface area contributed by atoms with E-state index >= 15 is 0 Å². The second-order valence-electron chi connectivity index (χ2n) is 5.89. The molecule has 0 radical (unpaired) electrons. The van der Waals surface area contributed by atoms with Gasteiger partial charge < -0.3 is 4.74 Å². The summed E-state index contributed by atoms with van der Waals surface area (Å²) >= 11 is 3.51. The lowest BCUT2D eigenvalue weighted by molar-refractivity contribution is 0.373. The van der Waals surface area contributed by atoms with Crippen molar-refractivity contribution in [2.45, 2.75) is 36.9 Å². The molecule has 0 aliphatic rings. The Morgan fingerprint density at radius 1 is 1.25 bits per heavy atom. The van der Waals surface area contributed by atoms with E-state index in [0.717, 1.165) is 6.42 Å². The molecule has 0 aromatic heterocycles. The summed E-state index contributed by atoms with van der Waals surface area (Å²) in [7, 11) is -1.93. The maximum absolute atomic E-state index is 12.1. The fraction of sp³-hybridized carbons (Fsp3) is 0.571. The molecular formula is C14H22BrNO3S. The highest BCUT2D eigenvalue weighted by molar-refractivity contribution is 9.09. The molecule has 4 nitrogen and oxygen atoms in total. The minimum atomic E-state index is -3.47. The Kier molecular flexibility index (Phi) is 6.04. The monoisotopic (exact) mass is 363 g/mol. The fourth-order valence-corrected chi connectivity index (χ4v) is 4.20. The summed E-state index contributed by atoms with van der Waals surface area (Å²) in [5.74, 6) is 0.634. The highest BCUT2D eigenvalue weighted by atomic mass is 79.9. The molecule has 114 valence electrons. The highest BCUT2D eigenvalue weighted by Gasteiger charge is 2.20. The summed E-state index contributed by atoms with van der Waals surface area (Å²) in [6.45, 7) is 6.74. The Morgan fingerprint density at radius 2 is 1.80 bits per heavy atom. The Bertz CT molecular complexity index is 520. The third-order valence-corrected chi connectivity index (χ3v) is 4.79. The van der Waals surface area contributed by atoms with Crippen LogP contribution in [0.15, 0.2) is 29.2 Å². The van der Waals surface area contributed by atoms with Crippen molar-refractivity contribution < 1.29 is 13.2 Å². The van der Waals surface area contributed by atoms with Crippen molar-refractivity contribution in [2.75, 3.05) is 13.7 Å². The standard InChI is InChI=1S/C14H22BrNO3S/c1-14(2,3)9-11(15)10-16-20(17,18)13-7-5-12(19-4)6-8-13/h5-8,11,16H,9-10H2,1-4H3. The van der Waals surface area contributed by atoms with E-state index in [4.69, 9.17) is 4.74 Å². The van der Waals surface area contributed by atoms with Gasteiger partial charge in [-0.25, -0.2) is 13.1 Å². The number of nitrogens with one attached hydrogen (secondary N) is 1. The summed E-state index contributed by atoms with van der Waals surface area (Å²) in [4.78, 5) is 0.351. The molecular weight excluding hydrogens is 342 g/mol. The zero-order valence-electron chi connectivity index (χ0n) is 12.3. The second kappa shape index (κ2) is 6.91. The zero-order chi connectivity index (χ0) is 15.4. The second-order valence-corrected chi connectivity index (χ2v) is 8.95. The third-order valence-electron chi connectivity index (χ3n) is 2.70. The summed E-state index contributed by atoms with van der Waals surface area (Å²) in [5, 5.41) is 0. The first kappa shape index (κ1) is 17.5. The molecule has 1 atom stereocenters. The first-order chi connectivity index (χ1) is 9.14. The molecule has 0 aliphatic heterocycles. The van der Waals surface area contributed by atoms with Crippen LogP contribution in [0.5, 0.6) is 5.75 Å². The molecule has 20 heavy (non-hydrogen) atoms. The molecule has 1 rings (SSSR count). The van der Waals surface area contributed by atoms with Crippen LogP contribution >= 0.6 is 15.9 Å². The van der Waals surface area contributed by atoms with Crippen LogP contribution in [0.1, 0.15) is 27.2 Å². The number of sulfonamides is 1. The minimum Gasteiger partial charge on any atom is -0.497 e. The van der Waals surface area contributed by atoms with Crippen molar-refractivity contribution in [2.24, 2.45) is 5.41 Å². The average molecular weight is 364 g/mol. The van der Waals surface area contributed by atoms with Gasteiger partial charge in [0.15, 0.2) is 0 Å². The van der Waals surface area contributed by atoms with E-state index in [9.17, 15) is 8.42 Å². The van der Waals surface area contributed by atoms with Gasteiger partial charge in [0, 0.05) is 11.4 Å². The molecule has 1 unspecified atom stereocenters. The predicted molar refractivity (Wildman–Crippen MR) is 85.0 cm³/mol. The molecule has 0 saturated heterocycles. The van der Waals surface area contributed by atoms with Crippen molar-refractivity contribution in [1.82, 2.24) is 4.72 Å². The number of halogens is 1. The molecule has 0 heterocycles. The Balaban J connectivity index is 2.65. The van der Waals surface area contributed by atoms with E-state index < -0.39 is 10.0 Å². The van der Waals surface area contributed by atoms with Crippen molar-refractivity contribution in [3.63, 3.8) is 0 Å². The normalized spacial score (nSPS) is 14.1. The molecule has 1 aromatic rings. The van der Waals surface area contributed by atoms with Crippen LogP contribution in [0.2, 0.25) is 0 Å². The van der Waals surface area contributed by atoms with E-state index in [1.165, 1.54) is 12.1 Å². The van der Waals surface area contributed by atoms with E-state index in [-0.39, 0.29) is 15.1 Å². The molecule has 6 heteroatoms. The quantitative estimate of drug-likeness (QED) is 0.789. The van der Waals surface area contributed by atoms with Crippen molar-refractivity contribution in [1.29, 1.82) is 0 Å². The molecule has 0 amide bonds. The van der Waals surface area contributed by atoms with E-state index in [0.29, 0.717) is 12.3 Å². The summed E-state index contributed by atoms with van der Waals surface area (Å²) in [6, 6.07) is 6.34. The van der Waals surface area contributed by atoms with Crippen molar-refractivity contribution in [3.05, 3.63) is 24.3 Å². The van der Waals surface area contributed by atoms with Gasteiger partial charge in [-0.3, -0.25) is 0 Å².